The highest BCUT2D eigenvalue weighted by Gasteiger charge is 2.29. The second-order valence-electron chi connectivity index (χ2n) is 4.86. The van der Waals surface area contributed by atoms with E-state index in [1.807, 2.05) is 12.3 Å². The van der Waals surface area contributed by atoms with Crippen LogP contribution in [0.15, 0.2) is 11.5 Å². The van der Waals surface area contributed by atoms with Crippen LogP contribution in [0.3, 0.4) is 0 Å². The predicted molar refractivity (Wildman–Crippen MR) is 77.5 cm³/mol. The normalized spacial score (nSPS) is 20.1. The molecule has 0 aromatic carbocycles. The third-order valence-corrected chi connectivity index (χ3v) is 4.15. The molecular weight excluding hydrogens is 276 g/mol. The van der Waals surface area contributed by atoms with Crippen molar-refractivity contribution in [1.29, 1.82) is 0 Å². The minimum absolute atomic E-state index is 0.245. The molecule has 1 amide bonds. The van der Waals surface area contributed by atoms with Crippen molar-refractivity contribution in [3.63, 3.8) is 0 Å². The number of aliphatic carboxylic acids is 1. The molecule has 1 unspecified atom stereocenters. The Bertz CT molecular complexity index is 524. The maximum absolute atomic E-state index is 12.2. The van der Waals surface area contributed by atoms with Crippen molar-refractivity contribution in [3.05, 3.63) is 22.2 Å². The molecule has 0 bridgehead atoms. The van der Waals surface area contributed by atoms with Crippen LogP contribution < -0.4 is 0 Å². The summed E-state index contributed by atoms with van der Waals surface area (Å²) in [5.74, 6) is -1.16. The SMILES string of the molecule is Cc1nc(C=CC(=O)N2CCCCCC2C(=O)O)cs1. The second kappa shape index (κ2) is 6.65. The lowest BCUT2D eigenvalue weighted by Crippen LogP contribution is -2.43. The number of carboxylic acids is 1. The van der Waals surface area contributed by atoms with E-state index in [0.29, 0.717) is 13.0 Å². The zero-order valence-electron chi connectivity index (χ0n) is 11.4. The number of likely N-dealkylation sites (tertiary alicyclic amines) is 1. The standard InChI is InChI=1S/C14H18N2O3S/c1-10-15-11(9-20-10)6-7-13(17)16-8-4-2-3-5-12(16)14(18)19/h6-7,9,12H,2-5,8H2,1H3,(H,18,19). The van der Waals surface area contributed by atoms with Gasteiger partial charge in [-0.25, -0.2) is 9.78 Å². The van der Waals surface area contributed by atoms with Gasteiger partial charge in [-0.2, -0.15) is 0 Å². The lowest BCUT2D eigenvalue weighted by Gasteiger charge is -2.25. The average molecular weight is 294 g/mol. The first-order chi connectivity index (χ1) is 9.58. The summed E-state index contributed by atoms with van der Waals surface area (Å²) in [5.41, 5.74) is 0.738. The van der Waals surface area contributed by atoms with Crippen LogP contribution in [-0.4, -0.2) is 39.5 Å². The number of amides is 1. The zero-order valence-corrected chi connectivity index (χ0v) is 12.2. The van der Waals surface area contributed by atoms with Crippen LogP contribution in [0.5, 0.6) is 0 Å². The molecule has 1 aromatic heterocycles. The molecule has 2 heterocycles. The van der Waals surface area contributed by atoms with Gasteiger partial charge in [0, 0.05) is 18.0 Å². The van der Waals surface area contributed by atoms with Gasteiger partial charge in [0.05, 0.1) is 10.7 Å². The number of aromatic nitrogens is 1. The van der Waals surface area contributed by atoms with Gasteiger partial charge in [-0.15, -0.1) is 11.3 Å². The van der Waals surface area contributed by atoms with Gasteiger partial charge in [0.25, 0.3) is 0 Å². The summed E-state index contributed by atoms with van der Waals surface area (Å²) in [6, 6.07) is -0.702. The first-order valence-corrected chi connectivity index (χ1v) is 7.59. The van der Waals surface area contributed by atoms with Crippen LogP contribution in [-0.2, 0) is 9.59 Å². The third-order valence-electron chi connectivity index (χ3n) is 3.35. The van der Waals surface area contributed by atoms with E-state index in [9.17, 15) is 14.7 Å². The van der Waals surface area contributed by atoms with Crippen LogP contribution in [0.2, 0.25) is 0 Å². The monoisotopic (exact) mass is 294 g/mol. The van der Waals surface area contributed by atoms with Crippen LogP contribution in [0.25, 0.3) is 6.08 Å². The minimum Gasteiger partial charge on any atom is -0.480 e. The number of thiazole rings is 1. The van der Waals surface area contributed by atoms with Gasteiger partial charge < -0.3 is 10.0 Å². The largest absolute Gasteiger partial charge is 0.480 e. The number of rotatable bonds is 3. The maximum Gasteiger partial charge on any atom is 0.326 e. The number of hydrogen-bond acceptors (Lipinski definition) is 4. The quantitative estimate of drug-likeness (QED) is 0.869. The van der Waals surface area contributed by atoms with Gasteiger partial charge in [-0.3, -0.25) is 4.79 Å². The van der Waals surface area contributed by atoms with Crippen molar-refractivity contribution in [3.8, 4) is 0 Å². The Morgan fingerprint density at radius 2 is 2.25 bits per heavy atom. The Morgan fingerprint density at radius 3 is 2.90 bits per heavy atom. The smallest absolute Gasteiger partial charge is 0.326 e. The van der Waals surface area contributed by atoms with Gasteiger partial charge in [0.15, 0.2) is 0 Å². The first kappa shape index (κ1) is 14.7. The molecule has 2 rings (SSSR count). The highest BCUT2D eigenvalue weighted by molar-refractivity contribution is 7.09. The topological polar surface area (TPSA) is 70.5 Å². The van der Waals surface area contributed by atoms with E-state index in [1.165, 1.54) is 22.3 Å². The Hall–Kier alpha value is -1.69. The zero-order chi connectivity index (χ0) is 14.5. The molecule has 0 spiro atoms. The molecule has 6 heteroatoms. The Balaban J connectivity index is 2.08. The Labute approximate surface area is 121 Å². The van der Waals surface area contributed by atoms with Gasteiger partial charge in [-0.05, 0) is 25.8 Å². The summed E-state index contributed by atoms with van der Waals surface area (Å²) in [5, 5.41) is 12.1. The van der Waals surface area contributed by atoms with Crippen LogP contribution in [0.1, 0.15) is 36.4 Å². The van der Waals surface area contributed by atoms with Crippen molar-refractivity contribution in [2.45, 2.75) is 38.6 Å². The first-order valence-electron chi connectivity index (χ1n) is 6.71. The summed E-state index contributed by atoms with van der Waals surface area (Å²) in [6.45, 7) is 2.41. The molecule has 0 radical (unpaired) electrons. The number of hydrogen-bond donors (Lipinski definition) is 1. The number of carbonyl (C=O) groups excluding carboxylic acids is 1. The number of nitrogens with zero attached hydrogens (tertiary/aromatic N) is 2. The summed E-state index contributed by atoms with van der Waals surface area (Å²) in [6.07, 6.45) is 6.30. The van der Waals surface area contributed by atoms with E-state index in [-0.39, 0.29) is 5.91 Å². The van der Waals surface area contributed by atoms with Gasteiger partial charge >= 0.3 is 5.97 Å². The molecule has 0 aliphatic carbocycles. The van der Waals surface area contributed by atoms with Gasteiger partial charge in [-0.1, -0.05) is 12.8 Å². The number of carbonyl (C=O) groups is 2. The molecule has 1 N–H and O–H groups in total. The number of carboxylic acid groups (broad SMARTS) is 1. The highest BCUT2D eigenvalue weighted by Crippen LogP contribution is 2.18. The lowest BCUT2D eigenvalue weighted by molar-refractivity contribution is -0.148. The second-order valence-corrected chi connectivity index (χ2v) is 5.92. The molecule has 20 heavy (non-hydrogen) atoms. The van der Waals surface area contributed by atoms with Crippen molar-refractivity contribution >= 4 is 29.3 Å². The van der Waals surface area contributed by atoms with E-state index in [0.717, 1.165) is 30.0 Å². The molecule has 108 valence electrons. The van der Waals surface area contributed by atoms with E-state index < -0.39 is 12.0 Å². The summed E-state index contributed by atoms with van der Waals surface area (Å²) in [4.78, 5) is 29.2. The van der Waals surface area contributed by atoms with Crippen LogP contribution in [0.4, 0.5) is 0 Å². The van der Waals surface area contributed by atoms with E-state index in [1.54, 1.807) is 6.08 Å². The predicted octanol–water partition coefficient (Wildman–Crippen LogP) is 2.32. The minimum atomic E-state index is -0.918. The summed E-state index contributed by atoms with van der Waals surface area (Å²) >= 11 is 1.52. The fourth-order valence-electron chi connectivity index (χ4n) is 2.34. The molecule has 0 saturated carbocycles. The van der Waals surface area contributed by atoms with Gasteiger partial charge in [0.1, 0.15) is 6.04 Å². The van der Waals surface area contributed by atoms with Crippen LogP contribution in [0, 0.1) is 6.92 Å². The fraction of sp³-hybridized carbons (Fsp3) is 0.500. The van der Waals surface area contributed by atoms with E-state index >= 15 is 0 Å². The van der Waals surface area contributed by atoms with Gasteiger partial charge in [0.2, 0.25) is 5.91 Å². The summed E-state index contributed by atoms with van der Waals surface area (Å²) in [7, 11) is 0. The molecular formula is C14H18N2O3S. The van der Waals surface area contributed by atoms with E-state index in [2.05, 4.69) is 4.98 Å². The lowest BCUT2D eigenvalue weighted by atomic mass is 10.1. The number of aryl methyl sites for hydroxylation is 1. The highest BCUT2D eigenvalue weighted by atomic mass is 32.1. The molecule has 1 aliphatic rings. The van der Waals surface area contributed by atoms with E-state index in [4.69, 9.17) is 0 Å². The molecule has 1 fully saturated rings. The molecule has 5 nitrogen and oxygen atoms in total. The van der Waals surface area contributed by atoms with Crippen molar-refractivity contribution < 1.29 is 14.7 Å². The fourth-order valence-corrected chi connectivity index (χ4v) is 2.92. The third kappa shape index (κ3) is 3.66. The summed E-state index contributed by atoms with van der Waals surface area (Å²) < 4.78 is 0. The molecule has 1 atom stereocenters. The Morgan fingerprint density at radius 1 is 1.45 bits per heavy atom. The van der Waals surface area contributed by atoms with Crippen molar-refractivity contribution in [1.82, 2.24) is 9.88 Å². The Kier molecular flexibility index (Phi) is 4.89. The average Bonchev–Trinajstić information content (AvgIpc) is 2.68. The van der Waals surface area contributed by atoms with Crippen LogP contribution >= 0.6 is 11.3 Å². The van der Waals surface area contributed by atoms with Crippen molar-refractivity contribution in [2.75, 3.05) is 6.54 Å². The van der Waals surface area contributed by atoms with Crippen molar-refractivity contribution in [2.24, 2.45) is 0 Å². The molecule has 1 saturated heterocycles. The molecule has 1 aromatic rings. The maximum atomic E-state index is 12.2. The molecule has 1 aliphatic heterocycles.